The van der Waals surface area contributed by atoms with Crippen molar-refractivity contribution >= 4 is 11.9 Å². The van der Waals surface area contributed by atoms with E-state index in [-0.39, 0.29) is 11.9 Å². The molecule has 0 saturated heterocycles. The number of benzene rings is 1. The van der Waals surface area contributed by atoms with Crippen molar-refractivity contribution in [1.82, 2.24) is 30.5 Å². The molecule has 0 bridgehead atoms. The van der Waals surface area contributed by atoms with Crippen molar-refractivity contribution in [3.8, 4) is 0 Å². The third-order valence-electron chi connectivity index (χ3n) is 4.58. The summed E-state index contributed by atoms with van der Waals surface area (Å²) in [6, 6.07) is 9.75. The maximum atomic E-state index is 12.2. The van der Waals surface area contributed by atoms with E-state index in [4.69, 9.17) is 0 Å². The minimum absolute atomic E-state index is 0.0195. The molecule has 8 heteroatoms. The number of aromatic nitrogens is 3. The highest BCUT2D eigenvalue weighted by Crippen LogP contribution is 2.16. The number of nitrogens with one attached hydrogen (secondary N) is 2. The van der Waals surface area contributed by atoms with Gasteiger partial charge in [-0.25, -0.2) is 9.48 Å². The van der Waals surface area contributed by atoms with Crippen molar-refractivity contribution in [2.45, 2.75) is 45.8 Å². The van der Waals surface area contributed by atoms with Crippen LogP contribution in [0.15, 0.2) is 30.3 Å². The Kier molecular flexibility index (Phi) is 6.40. The van der Waals surface area contributed by atoms with Gasteiger partial charge in [-0.1, -0.05) is 42.5 Å². The van der Waals surface area contributed by atoms with Crippen LogP contribution in [0.1, 0.15) is 36.7 Å². The Morgan fingerprint density at radius 1 is 1.15 bits per heavy atom. The van der Waals surface area contributed by atoms with Gasteiger partial charge in [0.15, 0.2) is 0 Å². The first-order chi connectivity index (χ1) is 13.2. The zero-order valence-electron chi connectivity index (χ0n) is 15.6. The molecule has 0 atom stereocenters. The predicted molar refractivity (Wildman–Crippen MR) is 101 cm³/mol. The van der Waals surface area contributed by atoms with Crippen LogP contribution in [0.5, 0.6) is 0 Å². The molecule has 0 unspecified atom stereocenters. The fraction of sp³-hybridized carbons (Fsp3) is 0.474. The second kappa shape index (κ2) is 9.16. The second-order valence-electron chi connectivity index (χ2n) is 6.62. The maximum absolute atomic E-state index is 12.2. The highest BCUT2D eigenvalue weighted by atomic mass is 16.2. The van der Waals surface area contributed by atoms with E-state index in [9.17, 15) is 9.59 Å². The Morgan fingerprint density at radius 3 is 2.74 bits per heavy atom. The first-order valence-electron chi connectivity index (χ1n) is 9.42. The number of fused-ring (bicyclic) bond motifs is 1. The molecule has 1 aromatic carbocycles. The van der Waals surface area contributed by atoms with E-state index in [0.717, 1.165) is 23.4 Å². The first kappa shape index (κ1) is 18.9. The largest absolute Gasteiger partial charge is 0.352 e. The lowest BCUT2D eigenvalue weighted by atomic mass is 10.1. The van der Waals surface area contributed by atoms with Gasteiger partial charge < -0.3 is 15.5 Å². The van der Waals surface area contributed by atoms with Gasteiger partial charge in [-0.05, 0) is 12.0 Å². The van der Waals surface area contributed by atoms with Gasteiger partial charge in [0.25, 0.3) is 0 Å². The topological polar surface area (TPSA) is 92.2 Å². The van der Waals surface area contributed by atoms with Crippen LogP contribution in [-0.4, -0.2) is 44.9 Å². The van der Waals surface area contributed by atoms with Crippen molar-refractivity contribution in [2.24, 2.45) is 0 Å². The van der Waals surface area contributed by atoms with Crippen LogP contribution in [0.2, 0.25) is 0 Å². The third-order valence-corrected chi connectivity index (χ3v) is 4.58. The predicted octanol–water partition coefficient (Wildman–Crippen LogP) is 1.46. The Hall–Kier alpha value is -2.90. The Bertz CT molecular complexity index is 774. The molecule has 2 N–H and O–H groups in total. The number of aryl methyl sites for hydroxylation is 1. The number of rotatable bonds is 7. The summed E-state index contributed by atoms with van der Waals surface area (Å²) in [4.78, 5) is 26.1. The van der Waals surface area contributed by atoms with E-state index in [1.165, 1.54) is 0 Å². The summed E-state index contributed by atoms with van der Waals surface area (Å²) < 4.78 is 1.83. The molecule has 0 fully saturated rings. The van der Waals surface area contributed by atoms with Crippen LogP contribution in [0.3, 0.4) is 0 Å². The van der Waals surface area contributed by atoms with Gasteiger partial charge in [0.1, 0.15) is 0 Å². The van der Waals surface area contributed by atoms with Gasteiger partial charge in [0, 0.05) is 32.5 Å². The standard InChI is InChI=1S/C19H26N6O2/c1-2-10-20-19(27)24-11-12-25-17(14-24)16(22-23-25)8-9-18(26)21-13-15-6-4-3-5-7-15/h3-7H,2,8-14H2,1H3,(H,20,27)(H,21,26). The minimum Gasteiger partial charge on any atom is -0.352 e. The van der Waals surface area contributed by atoms with Gasteiger partial charge >= 0.3 is 6.03 Å². The van der Waals surface area contributed by atoms with E-state index in [2.05, 4.69) is 20.9 Å². The Morgan fingerprint density at radius 2 is 1.96 bits per heavy atom. The summed E-state index contributed by atoms with van der Waals surface area (Å²) >= 11 is 0. The summed E-state index contributed by atoms with van der Waals surface area (Å²) in [5, 5.41) is 14.2. The number of hydrogen-bond donors (Lipinski definition) is 2. The summed E-state index contributed by atoms with van der Waals surface area (Å²) in [5.41, 5.74) is 2.78. The van der Waals surface area contributed by atoms with E-state index in [1.807, 2.05) is 41.9 Å². The average Bonchev–Trinajstić information content (AvgIpc) is 3.12. The molecule has 1 aliphatic rings. The minimum atomic E-state index is -0.0594. The molecule has 27 heavy (non-hydrogen) atoms. The van der Waals surface area contributed by atoms with Crippen molar-refractivity contribution in [3.63, 3.8) is 0 Å². The van der Waals surface area contributed by atoms with E-state index in [0.29, 0.717) is 45.6 Å². The fourth-order valence-corrected chi connectivity index (χ4v) is 3.02. The maximum Gasteiger partial charge on any atom is 0.317 e. The molecule has 0 saturated carbocycles. The SMILES string of the molecule is CCCNC(=O)N1CCn2nnc(CCC(=O)NCc3ccccc3)c2C1. The molecular formula is C19H26N6O2. The highest BCUT2D eigenvalue weighted by molar-refractivity contribution is 5.76. The van der Waals surface area contributed by atoms with Crippen molar-refractivity contribution in [3.05, 3.63) is 47.3 Å². The molecule has 0 radical (unpaired) electrons. The van der Waals surface area contributed by atoms with Crippen LogP contribution >= 0.6 is 0 Å². The van der Waals surface area contributed by atoms with Crippen LogP contribution in [-0.2, 0) is 30.8 Å². The molecule has 2 aromatic rings. The number of urea groups is 1. The van der Waals surface area contributed by atoms with Gasteiger partial charge in [0.05, 0.1) is 24.5 Å². The zero-order valence-corrected chi connectivity index (χ0v) is 15.6. The normalized spacial score (nSPS) is 13.1. The molecule has 1 aliphatic heterocycles. The first-order valence-corrected chi connectivity index (χ1v) is 9.42. The lowest BCUT2D eigenvalue weighted by Crippen LogP contribution is -2.44. The van der Waals surface area contributed by atoms with E-state index < -0.39 is 0 Å². The molecule has 3 rings (SSSR count). The van der Waals surface area contributed by atoms with Gasteiger partial charge in [-0.2, -0.15) is 0 Å². The Balaban J connectivity index is 1.51. The second-order valence-corrected chi connectivity index (χ2v) is 6.62. The van der Waals surface area contributed by atoms with Gasteiger partial charge in [-0.15, -0.1) is 5.10 Å². The molecular weight excluding hydrogens is 344 g/mol. The number of carbonyl (C=O) groups is 2. The molecule has 0 spiro atoms. The smallest absolute Gasteiger partial charge is 0.317 e. The number of hydrogen-bond acceptors (Lipinski definition) is 4. The quantitative estimate of drug-likeness (QED) is 0.772. The van der Waals surface area contributed by atoms with Crippen LogP contribution < -0.4 is 10.6 Å². The molecule has 3 amide bonds. The summed E-state index contributed by atoms with van der Waals surface area (Å²) in [5.74, 6) is -0.0195. The molecule has 2 heterocycles. The summed E-state index contributed by atoms with van der Waals surface area (Å²) in [6.45, 7) is 4.93. The molecule has 0 aliphatic carbocycles. The third kappa shape index (κ3) is 5.06. The summed E-state index contributed by atoms with van der Waals surface area (Å²) in [6.07, 6.45) is 1.77. The Labute approximate surface area is 158 Å². The molecule has 144 valence electrons. The average molecular weight is 370 g/mol. The van der Waals surface area contributed by atoms with Crippen LogP contribution in [0.4, 0.5) is 4.79 Å². The lowest BCUT2D eigenvalue weighted by molar-refractivity contribution is -0.121. The van der Waals surface area contributed by atoms with Crippen molar-refractivity contribution in [2.75, 3.05) is 13.1 Å². The number of carbonyl (C=O) groups excluding carboxylic acids is 2. The fourth-order valence-electron chi connectivity index (χ4n) is 3.02. The number of nitrogens with zero attached hydrogens (tertiary/aromatic N) is 4. The van der Waals surface area contributed by atoms with E-state index in [1.54, 1.807) is 4.90 Å². The molecule has 1 aromatic heterocycles. The summed E-state index contributed by atoms with van der Waals surface area (Å²) in [7, 11) is 0. The monoisotopic (exact) mass is 370 g/mol. The number of amides is 3. The van der Waals surface area contributed by atoms with Gasteiger partial charge in [-0.3, -0.25) is 4.79 Å². The zero-order chi connectivity index (χ0) is 19.1. The van der Waals surface area contributed by atoms with Gasteiger partial charge in [0.2, 0.25) is 5.91 Å². The highest BCUT2D eigenvalue weighted by Gasteiger charge is 2.24. The van der Waals surface area contributed by atoms with Crippen LogP contribution in [0.25, 0.3) is 0 Å². The van der Waals surface area contributed by atoms with Crippen molar-refractivity contribution < 1.29 is 9.59 Å². The van der Waals surface area contributed by atoms with E-state index >= 15 is 0 Å². The lowest BCUT2D eigenvalue weighted by Gasteiger charge is -2.27. The van der Waals surface area contributed by atoms with Crippen molar-refractivity contribution in [1.29, 1.82) is 0 Å². The molecule has 8 nitrogen and oxygen atoms in total. The van der Waals surface area contributed by atoms with Crippen LogP contribution in [0, 0.1) is 0 Å².